The van der Waals surface area contributed by atoms with Gasteiger partial charge in [0.05, 0.1) is 7.11 Å². The molecule has 1 N–H and O–H groups in total. The Labute approximate surface area is 143 Å². The van der Waals surface area contributed by atoms with Crippen molar-refractivity contribution in [2.45, 2.75) is 26.8 Å². The number of hydrogen-bond donors (Lipinski definition) is 1. The number of carbonyl (C=O) groups excluding carboxylic acids is 2. The lowest BCUT2D eigenvalue weighted by atomic mass is 10.0. The average Bonchev–Trinajstić information content (AvgIpc) is 2.59. The highest BCUT2D eigenvalue weighted by Crippen LogP contribution is 2.21. The molecule has 1 aromatic rings. The molecule has 1 unspecified atom stereocenters. The van der Waals surface area contributed by atoms with Gasteiger partial charge in [-0.1, -0.05) is 13.8 Å². The van der Waals surface area contributed by atoms with Crippen molar-refractivity contribution >= 4 is 17.5 Å². The van der Waals surface area contributed by atoms with Gasteiger partial charge in [0.2, 0.25) is 11.8 Å². The number of nitrogens with one attached hydrogen (secondary N) is 1. The second-order valence-electron chi connectivity index (χ2n) is 6.43. The molecular formula is C18H27N3O3. The molecular weight excluding hydrogens is 306 g/mol. The minimum atomic E-state index is -0.449. The predicted octanol–water partition coefficient (Wildman–Crippen LogP) is 1.50. The van der Waals surface area contributed by atoms with Gasteiger partial charge in [0.1, 0.15) is 11.8 Å². The van der Waals surface area contributed by atoms with Gasteiger partial charge in [0, 0.05) is 38.8 Å². The number of methoxy groups -OCH3 is 1. The highest BCUT2D eigenvalue weighted by molar-refractivity contribution is 5.87. The largest absolute Gasteiger partial charge is 0.497 e. The van der Waals surface area contributed by atoms with E-state index in [-0.39, 0.29) is 17.7 Å². The molecule has 1 aliphatic rings. The van der Waals surface area contributed by atoms with E-state index < -0.39 is 6.04 Å². The van der Waals surface area contributed by atoms with E-state index in [4.69, 9.17) is 4.74 Å². The molecule has 1 heterocycles. The smallest absolute Gasteiger partial charge is 0.245 e. The molecule has 6 nitrogen and oxygen atoms in total. The van der Waals surface area contributed by atoms with E-state index in [9.17, 15) is 9.59 Å². The van der Waals surface area contributed by atoms with Crippen LogP contribution in [0.15, 0.2) is 24.3 Å². The fourth-order valence-electron chi connectivity index (χ4n) is 2.91. The molecule has 24 heavy (non-hydrogen) atoms. The zero-order valence-electron chi connectivity index (χ0n) is 14.9. The molecule has 0 aliphatic carbocycles. The zero-order valence-corrected chi connectivity index (χ0v) is 14.9. The summed E-state index contributed by atoms with van der Waals surface area (Å²) < 4.78 is 5.18. The Morgan fingerprint density at radius 2 is 1.67 bits per heavy atom. The summed E-state index contributed by atoms with van der Waals surface area (Å²) in [5.74, 6) is 0.747. The van der Waals surface area contributed by atoms with Crippen molar-refractivity contribution in [3.8, 4) is 5.75 Å². The Bertz CT molecular complexity index is 563. The van der Waals surface area contributed by atoms with E-state index in [1.54, 1.807) is 7.11 Å². The van der Waals surface area contributed by atoms with E-state index in [1.165, 1.54) is 6.92 Å². The van der Waals surface area contributed by atoms with E-state index in [2.05, 4.69) is 10.2 Å². The number of anilines is 1. The lowest BCUT2D eigenvalue weighted by molar-refractivity contribution is -0.137. The molecule has 1 atom stereocenters. The first-order valence-electron chi connectivity index (χ1n) is 8.37. The molecule has 0 aromatic heterocycles. The maximum absolute atomic E-state index is 12.7. The van der Waals surface area contributed by atoms with Gasteiger partial charge in [-0.3, -0.25) is 9.59 Å². The zero-order chi connectivity index (χ0) is 17.7. The third-order valence-corrected chi connectivity index (χ3v) is 4.32. The Morgan fingerprint density at radius 1 is 1.08 bits per heavy atom. The normalized spacial score (nSPS) is 16.0. The molecule has 1 aliphatic heterocycles. The molecule has 0 spiro atoms. The maximum Gasteiger partial charge on any atom is 0.245 e. The van der Waals surface area contributed by atoms with Gasteiger partial charge in [0.15, 0.2) is 0 Å². The average molecular weight is 333 g/mol. The Kier molecular flexibility index (Phi) is 6.06. The molecule has 0 bridgehead atoms. The number of piperazine rings is 1. The van der Waals surface area contributed by atoms with Crippen molar-refractivity contribution < 1.29 is 14.3 Å². The number of ether oxygens (including phenoxy) is 1. The fourth-order valence-corrected chi connectivity index (χ4v) is 2.91. The van der Waals surface area contributed by atoms with Crippen LogP contribution in [0.5, 0.6) is 5.75 Å². The first-order valence-corrected chi connectivity index (χ1v) is 8.37. The second-order valence-corrected chi connectivity index (χ2v) is 6.43. The molecule has 2 amide bonds. The van der Waals surface area contributed by atoms with Crippen molar-refractivity contribution in [2.75, 3.05) is 38.2 Å². The van der Waals surface area contributed by atoms with Crippen LogP contribution in [0.25, 0.3) is 0 Å². The van der Waals surface area contributed by atoms with Gasteiger partial charge in [-0.05, 0) is 30.2 Å². The molecule has 6 heteroatoms. The Hall–Kier alpha value is -2.24. The Morgan fingerprint density at radius 3 is 2.12 bits per heavy atom. The highest BCUT2D eigenvalue weighted by Gasteiger charge is 2.30. The number of rotatable bonds is 5. The van der Waals surface area contributed by atoms with Gasteiger partial charge in [0.25, 0.3) is 0 Å². The third-order valence-electron chi connectivity index (χ3n) is 4.32. The summed E-state index contributed by atoms with van der Waals surface area (Å²) in [5.41, 5.74) is 1.13. The van der Waals surface area contributed by atoms with Gasteiger partial charge in [-0.25, -0.2) is 0 Å². The molecule has 0 saturated carbocycles. The molecule has 2 rings (SSSR count). The highest BCUT2D eigenvalue weighted by atomic mass is 16.5. The van der Waals surface area contributed by atoms with E-state index in [1.807, 2.05) is 43.0 Å². The van der Waals surface area contributed by atoms with Crippen LogP contribution in [0, 0.1) is 5.92 Å². The van der Waals surface area contributed by atoms with Crippen LogP contribution in [-0.2, 0) is 9.59 Å². The van der Waals surface area contributed by atoms with Crippen LogP contribution >= 0.6 is 0 Å². The lowest BCUT2D eigenvalue weighted by Gasteiger charge is -2.38. The van der Waals surface area contributed by atoms with E-state index in [0.717, 1.165) is 24.5 Å². The monoisotopic (exact) mass is 333 g/mol. The van der Waals surface area contributed by atoms with Crippen LogP contribution in [0.3, 0.4) is 0 Å². The molecule has 132 valence electrons. The molecule has 1 fully saturated rings. The molecule has 0 radical (unpaired) electrons. The molecule has 1 saturated heterocycles. The number of nitrogens with zero attached hydrogens (tertiary/aromatic N) is 2. The quantitative estimate of drug-likeness (QED) is 0.887. The van der Waals surface area contributed by atoms with Gasteiger partial charge >= 0.3 is 0 Å². The number of hydrogen-bond acceptors (Lipinski definition) is 4. The van der Waals surface area contributed by atoms with Crippen LogP contribution in [0.2, 0.25) is 0 Å². The third kappa shape index (κ3) is 4.40. The first-order chi connectivity index (χ1) is 11.4. The van der Waals surface area contributed by atoms with Crippen LogP contribution in [0.4, 0.5) is 5.69 Å². The van der Waals surface area contributed by atoms with Crippen LogP contribution in [-0.4, -0.2) is 56.0 Å². The summed E-state index contributed by atoms with van der Waals surface area (Å²) in [6.45, 7) is 8.23. The van der Waals surface area contributed by atoms with Crippen molar-refractivity contribution in [1.29, 1.82) is 0 Å². The minimum absolute atomic E-state index is 0.00887. The summed E-state index contributed by atoms with van der Waals surface area (Å²) in [5, 5.41) is 2.77. The number of amides is 2. The van der Waals surface area contributed by atoms with E-state index in [0.29, 0.717) is 13.1 Å². The summed E-state index contributed by atoms with van der Waals surface area (Å²) in [4.78, 5) is 28.1. The Balaban J connectivity index is 1.95. The van der Waals surface area contributed by atoms with Crippen molar-refractivity contribution in [1.82, 2.24) is 10.2 Å². The summed E-state index contributed by atoms with van der Waals surface area (Å²) >= 11 is 0. The number of carbonyl (C=O) groups is 2. The van der Waals surface area contributed by atoms with Crippen LogP contribution < -0.4 is 15.0 Å². The van der Waals surface area contributed by atoms with Gasteiger partial charge in [-0.15, -0.1) is 0 Å². The minimum Gasteiger partial charge on any atom is -0.497 e. The van der Waals surface area contributed by atoms with Gasteiger partial charge < -0.3 is 19.9 Å². The van der Waals surface area contributed by atoms with Gasteiger partial charge in [-0.2, -0.15) is 0 Å². The standard InChI is InChI=1S/C18H27N3O3/c1-13(2)17(19-14(3)22)18(23)21-11-9-20(10-12-21)15-5-7-16(24-4)8-6-15/h5-8,13,17H,9-12H2,1-4H3,(H,19,22). The number of benzene rings is 1. The van der Waals surface area contributed by atoms with Crippen molar-refractivity contribution in [2.24, 2.45) is 5.92 Å². The maximum atomic E-state index is 12.7. The molecule has 1 aromatic carbocycles. The lowest BCUT2D eigenvalue weighted by Crippen LogP contribution is -2.56. The van der Waals surface area contributed by atoms with Crippen molar-refractivity contribution in [3.63, 3.8) is 0 Å². The van der Waals surface area contributed by atoms with Crippen molar-refractivity contribution in [3.05, 3.63) is 24.3 Å². The summed E-state index contributed by atoms with van der Waals surface area (Å²) in [7, 11) is 1.65. The van der Waals surface area contributed by atoms with Crippen LogP contribution in [0.1, 0.15) is 20.8 Å². The summed E-state index contributed by atoms with van der Waals surface area (Å²) in [6, 6.07) is 7.50. The van der Waals surface area contributed by atoms with E-state index >= 15 is 0 Å². The topological polar surface area (TPSA) is 61.9 Å². The predicted molar refractivity (Wildman–Crippen MR) is 94.2 cm³/mol. The second kappa shape index (κ2) is 8.04. The summed E-state index contributed by atoms with van der Waals surface area (Å²) in [6.07, 6.45) is 0. The fraction of sp³-hybridized carbons (Fsp3) is 0.556. The SMILES string of the molecule is COc1ccc(N2CCN(C(=O)C(NC(C)=O)C(C)C)CC2)cc1. The first kappa shape index (κ1) is 18.1.